The van der Waals surface area contributed by atoms with Crippen molar-refractivity contribution in [2.45, 2.75) is 26.4 Å². The van der Waals surface area contributed by atoms with Gasteiger partial charge in [0.05, 0.1) is 5.92 Å². The van der Waals surface area contributed by atoms with Crippen molar-refractivity contribution in [1.29, 1.82) is 0 Å². The van der Waals surface area contributed by atoms with Gasteiger partial charge < -0.3 is 6.16 Å². The van der Waals surface area contributed by atoms with Crippen molar-refractivity contribution in [3.63, 3.8) is 0 Å². The van der Waals surface area contributed by atoms with E-state index in [1.54, 1.807) is 6.92 Å². The Morgan fingerprint density at radius 3 is 2.62 bits per heavy atom. The molecule has 0 saturated carbocycles. The van der Waals surface area contributed by atoms with Crippen LogP contribution in [0.2, 0.25) is 0 Å². The van der Waals surface area contributed by atoms with E-state index in [1.165, 1.54) is 0 Å². The largest absolute Gasteiger partial charge is 1.00 e. The van der Waals surface area contributed by atoms with E-state index in [2.05, 4.69) is 0 Å². The molecule has 6 heteroatoms. The first kappa shape index (κ1) is 18.5. The molecular weight excluding hydrogens is 297 g/mol. The summed E-state index contributed by atoms with van der Waals surface area (Å²) >= 11 is 0. The normalized spacial score (nSPS) is 17.3. The second kappa shape index (κ2) is 8.80. The zero-order valence-electron chi connectivity index (χ0n) is 13.4. The van der Waals surface area contributed by atoms with Crippen LogP contribution in [0.25, 0.3) is 0 Å². The fourth-order valence-corrected chi connectivity index (χ4v) is 2.20. The Morgan fingerprint density at radius 1 is 1.33 bits per heavy atom. The maximum Gasteiger partial charge on any atom is 1.00 e. The number of carbonyl (C=O) groups is 3. The summed E-state index contributed by atoms with van der Waals surface area (Å²) in [5, 5.41) is 0. The number of imide groups is 1. The number of hydrogen-bond acceptors (Lipinski definition) is 4. The van der Waals surface area contributed by atoms with Crippen LogP contribution in [-0.2, 0) is 20.9 Å². The summed E-state index contributed by atoms with van der Waals surface area (Å²) in [4.78, 5) is 36.4. The van der Waals surface area contributed by atoms with Gasteiger partial charge >= 0.3 is 57.5 Å². The van der Waals surface area contributed by atoms with E-state index < -0.39 is 17.9 Å². The second-order valence-corrected chi connectivity index (χ2v) is 4.69. The number of ketones is 1. The summed E-state index contributed by atoms with van der Waals surface area (Å²) < 4.78 is 5.10. The van der Waals surface area contributed by atoms with E-state index in [1.807, 2.05) is 30.3 Å². The molecule has 1 aliphatic rings. The Morgan fingerprint density at radius 2 is 2.00 bits per heavy atom. The zero-order valence-corrected chi connectivity index (χ0v) is 15.5. The number of nitrogens with zero attached hydrogens (tertiary/aromatic N) is 1. The average Bonchev–Trinajstić information content (AvgIpc) is 2.87. The van der Waals surface area contributed by atoms with Gasteiger partial charge in [0.15, 0.2) is 0 Å². The van der Waals surface area contributed by atoms with Crippen LogP contribution in [0.1, 0.15) is 26.8 Å². The van der Waals surface area contributed by atoms with Crippen LogP contribution in [-0.4, -0.2) is 29.2 Å². The molecule has 1 saturated heterocycles. The topological polar surface area (TPSA) is 63.7 Å². The fourth-order valence-electron chi connectivity index (χ4n) is 2.20. The van der Waals surface area contributed by atoms with Gasteiger partial charge in [-0.1, -0.05) is 37.3 Å². The molecule has 108 valence electrons. The van der Waals surface area contributed by atoms with Crippen LogP contribution in [0.3, 0.4) is 0 Å². The Labute approximate surface area is 167 Å². The number of hydrogen-bond donors (Lipinski definition) is 0. The third-order valence-corrected chi connectivity index (χ3v) is 3.37. The molecule has 0 radical (unpaired) electrons. The maximum absolute atomic E-state index is 12.0. The van der Waals surface area contributed by atoms with Gasteiger partial charge in [-0.05, 0) is 12.0 Å². The first-order valence-electron chi connectivity index (χ1n) is 6.68. The number of benzene rings is 1. The first-order valence-corrected chi connectivity index (χ1v) is 6.68. The number of rotatable bonds is 4. The SMILES string of the molecule is CCC(=O)C1CCN(C(=O)OCc2ccccc2)C1=O.[H-].[K+]. The molecule has 1 aromatic rings. The molecule has 0 bridgehead atoms. The molecule has 1 heterocycles. The second-order valence-electron chi connectivity index (χ2n) is 4.69. The van der Waals surface area contributed by atoms with Gasteiger partial charge in [-0.25, -0.2) is 9.69 Å². The zero-order chi connectivity index (χ0) is 14.5. The monoisotopic (exact) mass is 315 g/mol. The smallest absolute Gasteiger partial charge is 1.00 e. The molecule has 1 fully saturated rings. The van der Waals surface area contributed by atoms with Crippen molar-refractivity contribution in [2.75, 3.05) is 6.54 Å². The number of ether oxygens (including phenoxy) is 1. The number of likely N-dealkylation sites (tertiary alicyclic amines) is 1. The average molecular weight is 315 g/mol. The van der Waals surface area contributed by atoms with E-state index in [0.717, 1.165) is 10.5 Å². The van der Waals surface area contributed by atoms with Crippen molar-refractivity contribution in [3.8, 4) is 0 Å². The van der Waals surface area contributed by atoms with E-state index >= 15 is 0 Å². The number of amides is 2. The number of carbonyl (C=O) groups excluding carboxylic acids is 3. The van der Waals surface area contributed by atoms with Gasteiger partial charge in [-0.2, -0.15) is 0 Å². The molecule has 1 unspecified atom stereocenters. The molecule has 2 rings (SSSR count). The van der Waals surface area contributed by atoms with E-state index in [0.29, 0.717) is 12.8 Å². The van der Waals surface area contributed by atoms with E-state index in [4.69, 9.17) is 4.74 Å². The molecule has 0 aliphatic carbocycles. The summed E-state index contributed by atoms with van der Waals surface area (Å²) in [7, 11) is 0. The summed E-state index contributed by atoms with van der Waals surface area (Å²) in [5.74, 6) is -1.23. The Kier molecular flexibility index (Phi) is 7.76. The van der Waals surface area contributed by atoms with Crippen LogP contribution in [0, 0.1) is 5.92 Å². The van der Waals surface area contributed by atoms with Gasteiger partial charge in [0.25, 0.3) is 0 Å². The minimum absolute atomic E-state index is 0. The van der Waals surface area contributed by atoms with Gasteiger partial charge in [0.1, 0.15) is 12.4 Å². The van der Waals surface area contributed by atoms with Gasteiger partial charge in [-0.3, -0.25) is 9.59 Å². The molecule has 0 aromatic heterocycles. The van der Waals surface area contributed by atoms with Crippen LogP contribution in [0.5, 0.6) is 0 Å². The van der Waals surface area contributed by atoms with Crippen molar-refractivity contribution >= 4 is 17.8 Å². The molecule has 1 aromatic carbocycles. The van der Waals surface area contributed by atoms with Gasteiger partial charge in [-0.15, -0.1) is 0 Å². The maximum atomic E-state index is 12.0. The van der Waals surface area contributed by atoms with E-state index in [-0.39, 0.29) is 71.7 Å². The minimum Gasteiger partial charge on any atom is -1.00 e. The van der Waals surface area contributed by atoms with Crippen LogP contribution in [0.15, 0.2) is 30.3 Å². The molecule has 21 heavy (non-hydrogen) atoms. The fraction of sp³-hybridized carbons (Fsp3) is 0.400. The minimum atomic E-state index is -0.677. The summed E-state index contributed by atoms with van der Waals surface area (Å²) in [5.41, 5.74) is 0.855. The van der Waals surface area contributed by atoms with E-state index in [9.17, 15) is 14.4 Å². The number of Topliss-reactive ketones (excluding diaryl/α,β-unsaturated/α-hetero) is 1. The molecular formula is C15H18KNO4. The molecule has 0 N–H and O–H groups in total. The van der Waals surface area contributed by atoms with Crippen molar-refractivity contribution in [2.24, 2.45) is 5.92 Å². The Balaban J connectivity index is 0.00000220. The molecule has 5 nitrogen and oxygen atoms in total. The van der Waals surface area contributed by atoms with Crippen LogP contribution >= 0.6 is 0 Å². The van der Waals surface area contributed by atoms with Gasteiger partial charge in [0.2, 0.25) is 5.91 Å². The Hall–Kier alpha value is -0.534. The molecule has 0 spiro atoms. The predicted molar refractivity (Wildman–Crippen MR) is 72.9 cm³/mol. The van der Waals surface area contributed by atoms with Crippen LogP contribution < -0.4 is 51.4 Å². The molecule has 1 atom stereocenters. The van der Waals surface area contributed by atoms with Crippen molar-refractivity contribution in [1.82, 2.24) is 4.90 Å². The Bertz CT molecular complexity index is 524. The summed E-state index contributed by atoms with van der Waals surface area (Å²) in [6.45, 7) is 2.09. The third-order valence-electron chi connectivity index (χ3n) is 3.37. The third kappa shape index (κ3) is 4.72. The first-order chi connectivity index (χ1) is 9.63. The molecule has 1 aliphatic heterocycles. The summed E-state index contributed by atoms with van der Waals surface area (Å²) in [6, 6.07) is 9.24. The quantitative estimate of drug-likeness (QED) is 0.543. The van der Waals surface area contributed by atoms with Crippen LogP contribution in [0.4, 0.5) is 4.79 Å². The summed E-state index contributed by atoms with van der Waals surface area (Å²) in [6.07, 6.45) is 0.0279. The standard InChI is InChI=1S/C15H17NO4.K.H/c1-2-13(17)12-8-9-16(14(12)18)15(19)20-10-11-6-4-3-5-7-11;;/h3-7,12H,2,8-10H2,1H3;;/q;+1;-1. The predicted octanol–water partition coefficient (Wildman–Crippen LogP) is -0.733. The van der Waals surface area contributed by atoms with Gasteiger partial charge in [0, 0.05) is 13.0 Å². The van der Waals surface area contributed by atoms with Crippen molar-refractivity contribution < 1.29 is 71.9 Å². The molecule has 2 amide bonds. The van der Waals surface area contributed by atoms with Crippen molar-refractivity contribution in [3.05, 3.63) is 35.9 Å².